The SMILES string of the molecule is CNS(=O)(=O)c1ccc(N2CCC3(CC2)OCCO3)c([N+](=O)[O-])c1. The number of nitro groups is 1. The quantitative estimate of drug-likeness (QED) is 0.628. The molecular formula is C14H19N3O6S. The molecule has 132 valence electrons. The minimum Gasteiger partial charge on any atom is -0.366 e. The van der Waals surface area contributed by atoms with Crippen LogP contribution in [-0.4, -0.2) is 52.5 Å². The van der Waals surface area contributed by atoms with Crippen LogP contribution in [0.3, 0.4) is 0 Å². The first-order valence-electron chi connectivity index (χ1n) is 7.62. The van der Waals surface area contributed by atoms with E-state index in [1.165, 1.54) is 19.2 Å². The van der Waals surface area contributed by atoms with Gasteiger partial charge in [-0.25, -0.2) is 13.1 Å². The standard InChI is InChI=1S/C14H19N3O6S/c1-15-24(20,21)11-2-3-12(13(10-11)17(18)19)16-6-4-14(5-7-16)22-8-9-23-14/h2-3,10,15H,4-9H2,1H3. The molecule has 0 unspecified atom stereocenters. The van der Waals surface area contributed by atoms with E-state index in [1.54, 1.807) is 0 Å². The second-order valence-electron chi connectivity index (χ2n) is 5.71. The maximum absolute atomic E-state index is 11.9. The maximum atomic E-state index is 11.9. The van der Waals surface area contributed by atoms with Gasteiger partial charge in [0.25, 0.3) is 5.69 Å². The van der Waals surface area contributed by atoms with Gasteiger partial charge in [-0.05, 0) is 19.2 Å². The van der Waals surface area contributed by atoms with Gasteiger partial charge in [0, 0.05) is 32.0 Å². The molecule has 2 aliphatic heterocycles. The molecule has 1 N–H and O–H groups in total. The van der Waals surface area contributed by atoms with Crippen molar-refractivity contribution in [2.24, 2.45) is 0 Å². The second kappa shape index (κ2) is 6.28. The van der Waals surface area contributed by atoms with Crippen LogP contribution in [0, 0.1) is 10.1 Å². The summed E-state index contributed by atoms with van der Waals surface area (Å²) in [5.74, 6) is -0.569. The highest BCUT2D eigenvalue weighted by Crippen LogP contribution is 2.37. The molecule has 0 radical (unpaired) electrons. The molecule has 2 saturated heterocycles. The van der Waals surface area contributed by atoms with Gasteiger partial charge >= 0.3 is 0 Å². The predicted octanol–water partition coefficient (Wildman–Crippen LogP) is 0.846. The van der Waals surface area contributed by atoms with Crippen molar-refractivity contribution in [3.63, 3.8) is 0 Å². The summed E-state index contributed by atoms with van der Waals surface area (Å²) in [6, 6.07) is 3.95. The van der Waals surface area contributed by atoms with Crippen molar-refractivity contribution in [2.45, 2.75) is 23.5 Å². The predicted molar refractivity (Wildman–Crippen MR) is 85.4 cm³/mol. The summed E-state index contributed by atoms with van der Waals surface area (Å²) in [6.07, 6.45) is 1.22. The Balaban J connectivity index is 1.87. The zero-order valence-electron chi connectivity index (χ0n) is 13.2. The maximum Gasteiger partial charge on any atom is 0.293 e. The van der Waals surface area contributed by atoms with Crippen LogP contribution in [0.15, 0.2) is 23.1 Å². The number of piperidine rings is 1. The van der Waals surface area contributed by atoms with Crippen molar-refractivity contribution in [3.05, 3.63) is 28.3 Å². The Labute approximate surface area is 139 Å². The summed E-state index contributed by atoms with van der Waals surface area (Å²) in [5.41, 5.74) is 0.179. The van der Waals surface area contributed by atoms with E-state index in [-0.39, 0.29) is 10.6 Å². The van der Waals surface area contributed by atoms with Crippen molar-refractivity contribution in [1.82, 2.24) is 4.72 Å². The molecule has 1 aromatic carbocycles. The van der Waals surface area contributed by atoms with Crippen LogP contribution < -0.4 is 9.62 Å². The molecule has 1 aromatic rings. The third kappa shape index (κ3) is 3.09. The fourth-order valence-corrected chi connectivity index (χ4v) is 3.83. The van der Waals surface area contributed by atoms with E-state index in [0.717, 1.165) is 6.07 Å². The third-order valence-corrected chi connectivity index (χ3v) is 5.81. The van der Waals surface area contributed by atoms with Crippen molar-refractivity contribution in [2.75, 3.05) is 38.3 Å². The summed E-state index contributed by atoms with van der Waals surface area (Å²) in [4.78, 5) is 12.6. The van der Waals surface area contributed by atoms with Gasteiger partial charge in [0.1, 0.15) is 5.69 Å². The van der Waals surface area contributed by atoms with E-state index in [9.17, 15) is 18.5 Å². The zero-order valence-corrected chi connectivity index (χ0v) is 14.0. The summed E-state index contributed by atoms with van der Waals surface area (Å²) in [6.45, 7) is 2.21. The fraction of sp³-hybridized carbons (Fsp3) is 0.571. The van der Waals surface area contributed by atoms with Crippen molar-refractivity contribution in [3.8, 4) is 0 Å². The molecule has 2 heterocycles. The minimum absolute atomic E-state index is 0.128. The Kier molecular flexibility index (Phi) is 4.47. The summed E-state index contributed by atoms with van der Waals surface area (Å²) < 4.78 is 37.2. The van der Waals surface area contributed by atoms with Gasteiger partial charge in [-0.15, -0.1) is 0 Å². The molecule has 2 aliphatic rings. The van der Waals surface area contributed by atoms with E-state index >= 15 is 0 Å². The lowest BCUT2D eigenvalue weighted by Crippen LogP contribution is -2.45. The number of ether oxygens (including phenoxy) is 2. The molecule has 2 fully saturated rings. The zero-order chi connectivity index (χ0) is 17.4. The Morgan fingerprint density at radius 1 is 1.25 bits per heavy atom. The van der Waals surface area contributed by atoms with Crippen LogP contribution in [0.25, 0.3) is 0 Å². The molecule has 0 saturated carbocycles. The Hall–Kier alpha value is -1.75. The number of rotatable bonds is 4. The first-order chi connectivity index (χ1) is 11.4. The highest BCUT2D eigenvalue weighted by molar-refractivity contribution is 7.89. The molecule has 3 rings (SSSR count). The molecule has 10 heteroatoms. The molecule has 9 nitrogen and oxygen atoms in total. The lowest BCUT2D eigenvalue weighted by atomic mass is 10.0. The van der Waals surface area contributed by atoms with Gasteiger partial charge < -0.3 is 14.4 Å². The van der Waals surface area contributed by atoms with Crippen molar-refractivity contribution in [1.29, 1.82) is 0 Å². The van der Waals surface area contributed by atoms with Gasteiger partial charge in [-0.1, -0.05) is 0 Å². The number of nitro benzene ring substituents is 1. The number of hydrogen-bond acceptors (Lipinski definition) is 7. The van der Waals surface area contributed by atoms with E-state index in [1.807, 2.05) is 4.90 Å². The van der Waals surface area contributed by atoms with Crippen LogP contribution in [0.2, 0.25) is 0 Å². The lowest BCUT2D eigenvalue weighted by Gasteiger charge is -2.38. The van der Waals surface area contributed by atoms with Crippen LogP contribution >= 0.6 is 0 Å². The number of nitrogens with one attached hydrogen (secondary N) is 1. The molecule has 0 aromatic heterocycles. The molecule has 0 amide bonds. The Morgan fingerprint density at radius 2 is 1.88 bits per heavy atom. The summed E-state index contributed by atoms with van der Waals surface area (Å²) in [5, 5.41) is 11.4. The van der Waals surface area contributed by atoms with Gasteiger partial charge in [-0.2, -0.15) is 0 Å². The van der Waals surface area contributed by atoms with E-state index in [0.29, 0.717) is 44.8 Å². The number of hydrogen-bond donors (Lipinski definition) is 1. The van der Waals surface area contributed by atoms with Crippen LogP contribution in [0.5, 0.6) is 0 Å². The molecule has 0 bridgehead atoms. The average molecular weight is 357 g/mol. The smallest absolute Gasteiger partial charge is 0.293 e. The lowest BCUT2D eigenvalue weighted by molar-refractivity contribution is -0.384. The van der Waals surface area contributed by atoms with Gasteiger partial charge in [0.2, 0.25) is 10.0 Å². The van der Waals surface area contributed by atoms with Gasteiger partial charge in [0.05, 0.1) is 23.0 Å². The number of sulfonamides is 1. The Morgan fingerprint density at radius 3 is 2.42 bits per heavy atom. The number of benzene rings is 1. The monoisotopic (exact) mass is 357 g/mol. The first-order valence-corrected chi connectivity index (χ1v) is 9.10. The normalized spacial score (nSPS) is 20.5. The second-order valence-corrected chi connectivity index (χ2v) is 7.60. The van der Waals surface area contributed by atoms with E-state index in [4.69, 9.17) is 9.47 Å². The van der Waals surface area contributed by atoms with Gasteiger partial charge in [0.15, 0.2) is 5.79 Å². The molecule has 0 atom stereocenters. The van der Waals surface area contributed by atoms with E-state index < -0.39 is 20.7 Å². The topological polar surface area (TPSA) is 111 Å². The van der Waals surface area contributed by atoms with Crippen LogP contribution in [0.1, 0.15) is 12.8 Å². The van der Waals surface area contributed by atoms with Crippen molar-refractivity contribution < 1.29 is 22.8 Å². The molecule has 1 spiro atoms. The third-order valence-electron chi connectivity index (χ3n) is 4.40. The largest absolute Gasteiger partial charge is 0.366 e. The molecule has 24 heavy (non-hydrogen) atoms. The van der Waals surface area contributed by atoms with E-state index in [2.05, 4.69) is 4.72 Å². The first kappa shape index (κ1) is 17.1. The number of nitrogens with zero attached hydrogens (tertiary/aromatic N) is 2. The molecular weight excluding hydrogens is 338 g/mol. The van der Waals surface area contributed by atoms with Crippen LogP contribution in [0.4, 0.5) is 11.4 Å². The number of anilines is 1. The average Bonchev–Trinajstić information content (AvgIpc) is 3.03. The van der Waals surface area contributed by atoms with Gasteiger partial charge in [-0.3, -0.25) is 10.1 Å². The Bertz CT molecular complexity index is 735. The van der Waals surface area contributed by atoms with Crippen LogP contribution in [-0.2, 0) is 19.5 Å². The minimum atomic E-state index is -3.73. The highest BCUT2D eigenvalue weighted by atomic mass is 32.2. The highest BCUT2D eigenvalue weighted by Gasteiger charge is 2.40. The fourth-order valence-electron chi connectivity index (χ4n) is 3.08. The molecule has 0 aliphatic carbocycles. The summed E-state index contributed by atoms with van der Waals surface area (Å²) in [7, 11) is -2.47. The van der Waals surface area contributed by atoms with Crippen molar-refractivity contribution >= 4 is 21.4 Å². The summed E-state index contributed by atoms with van der Waals surface area (Å²) >= 11 is 0.